The number of rotatable bonds is 5. The van der Waals surface area contributed by atoms with E-state index in [0.29, 0.717) is 0 Å². The third kappa shape index (κ3) is 3.49. The zero-order valence-corrected chi connectivity index (χ0v) is 10.4. The SMILES string of the molecule is CC(N)CCNc1ccc(-c2ccccn2)nn1. The first-order chi connectivity index (χ1) is 8.75. The number of nitrogens with zero attached hydrogens (tertiary/aromatic N) is 3. The van der Waals surface area contributed by atoms with Crippen LogP contribution in [0.1, 0.15) is 13.3 Å². The third-order valence-corrected chi connectivity index (χ3v) is 2.50. The molecule has 18 heavy (non-hydrogen) atoms. The molecule has 3 N–H and O–H groups in total. The Labute approximate surface area is 106 Å². The van der Waals surface area contributed by atoms with Crippen LogP contribution in [0.5, 0.6) is 0 Å². The summed E-state index contributed by atoms with van der Waals surface area (Å²) >= 11 is 0. The molecule has 0 aromatic carbocycles. The average molecular weight is 243 g/mol. The molecule has 0 aliphatic heterocycles. The first-order valence-electron chi connectivity index (χ1n) is 6.00. The summed E-state index contributed by atoms with van der Waals surface area (Å²) in [6.45, 7) is 2.78. The minimum absolute atomic E-state index is 0.193. The van der Waals surface area contributed by atoms with E-state index in [4.69, 9.17) is 5.73 Å². The zero-order chi connectivity index (χ0) is 12.8. The van der Waals surface area contributed by atoms with Gasteiger partial charge in [0, 0.05) is 18.8 Å². The Balaban J connectivity index is 1.98. The zero-order valence-electron chi connectivity index (χ0n) is 10.4. The van der Waals surface area contributed by atoms with Crippen molar-refractivity contribution in [3.05, 3.63) is 36.5 Å². The van der Waals surface area contributed by atoms with E-state index < -0.39 is 0 Å². The van der Waals surface area contributed by atoms with Crippen molar-refractivity contribution in [2.45, 2.75) is 19.4 Å². The Hall–Kier alpha value is -2.01. The molecule has 0 saturated heterocycles. The molecule has 2 heterocycles. The van der Waals surface area contributed by atoms with E-state index in [2.05, 4.69) is 20.5 Å². The minimum atomic E-state index is 0.193. The van der Waals surface area contributed by atoms with Gasteiger partial charge in [-0.1, -0.05) is 6.07 Å². The van der Waals surface area contributed by atoms with Crippen LogP contribution in [0.4, 0.5) is 5.82 Å². The molecule has 0 aliphatic carbocycles. The summed E-state index contributed by atoms with van der Waals surface area (Å²) in [5.41, 5.74) is 7.27. The van der Waals surface area contributed by atoms with Crippen molar-refractivity contribution in [1.82, 2.24) is 15.2 Å². The maximum atomic E-state index is 5.67. The van der Waals surface area contributed by atoms with Gasteiger partial charge in [0.2, 0.25) is 0 Å². The van der Waals surface area contributed by atoms with Gasteiger partial charge in [-0.05, 0) is 37.6 Å². The van der Waals surface area contributed by atoms with Gasteiger partial charge in [0.15, 0.2) is 0 Å². The lowest BCUT2D eigenvalue weighted by atomic mass is 10.2. The molecule has 2 aromatic heterocycles. The quantitative estimate of drug-likeness (QED) is 0.835. The number of hydrogen-bond donors (Lipinski definition) is 2. The van der Waals surface area contributed by atoms with Crippen LogP contribution < -0.4 is 11.1 Å². The van der Waals surface area contributed by atoms with Crippen LogP contribution in [0.15, 0.2) is 36.5 Å². The average Bonchev–Trinajstić information content (AvgIpc) is 2.40. The number of nitrogens with two attached hydrogens (primary N) is 1. The number of pyridine rings is 1. The van der Waals surface area contributed by atoms with Gasteiger partial charge in [-0.2, -0.15) is 0 Å². The highest BCUT2D eigenvalue weighted by molar-refractivity contribution is 5.54. The predicted octanol–water partition coefficient (Wildman–Crippen LogP) is 1.69. The van der Waals surface area contributed by atoms with Crippen molar-refractivity contribution in [1.29, 1.82) is 0 Å². The van der Waals surface area contributed by atoms with Gasteiger partial charge in [0.1, 0.15) is 11.5 Å². The molecule has 1 atom stereocenters. The molecule has 2 aromatic rings. The molecule has 0 fully saturated rings. The van der Waals surface area contributed by atoms with Crippen molar-refractivity contribution in [3.8, 4) is 11.4 Å². The molecule has 5 heteroatoms. The van der Waals surface area contributed by atoms with Crippen molar-refractivity contribution in [2.24, 2.45) is 5.73 Å². The van der Waals surface area contributed by atoms with Crippen molar-refractivity contribution in [3.63, 3.8) is 0 Å². The molecular formula is C13H17N5. The predicted molar refractivity (Wildman–Crippen MR) is 72.0 cm³/mol. The molecule has 0 bridgehead atoms. The highest BCUT2D eigenvalue weighted by atomic mass is 15.2. The van der Waals surface area contributed by atoms with Crippen molar-refractivity contribution in [2.75, 3.05) is 11.9 Å². The summed E-state index contributed by atoms with van der Waals surface area (Å²) in [6.07, 6.45) is 2.65. The Bertz CT molecular complexity index is 467. The van der Waals surface area contributed by atoms with Crippen LogP contribution in [-0.4, -0.2) is 27.8 Å². The Morgan fingerprint density at radius 1 is 1.17 bits per heavy atom. The summed E-state index contributed by atoms with van der Waals surface area (Å²) in [4.78, 5) is 4.22. The Morgan fingerprint density at radius 3 is 2.67 bits per heavy atom. The summed E-state index contributed by atoms with van der Waals surface area (Å²) in [5, 5.41) is 11.4. The highest BCUT2D eigenvalue weighted by Crippen LogP contribution is 2.13. The van der Waals surface area contributed by atoms with Crippen LogP contribution in [0.3, 0.4) is 0 Å². The van der Waals surface area contributed by atoms with Gasteiger partial charge in [-0.25, -0.2) is 0 Å². The molecule has 0 aliphatic rings. The molecular weight excluding hydrogens is 226 g/mol. The van der Waals surface area contributed by atoms with Gasteiger partial charge in [-0.3, -0.25) is 4.98 Å². The first kappa shape index (κ1) is 12.4. The summed E-state index contributed by atoms with van der Waals surface area (Å²) in [5.74, 6) is 0.760. The second-order valence-corrected chi connectivity index (χ2v) is 4.21. The third-order valence-electron chi connectivity index (χ3n) is 2.50. The van der Waals surface area contributed by atoms with Crippen molar-refractivity contribution >= 4 is 5.82 Å². The van der Waals surface area contributed by atoms with Gasteiger partial charge in [0.05, 0.1) is 5.69 Å². The molecule has 1 unspecified atom stereocenters. The second-order valence-electron chi connectivity index (χ2n) is 4.21. The topological polar surface area (TPSA) is 76.7 Å². The highest BCUT2D eigenvalue weighted by Gasteiger charge is 2.01. The smallest absolute Gasteiger partial charge is 0.148 e. The second kappa shape index (κ2) is 6.07. The van der Waals surface area contributed by atoms with Gasteiger partial charge in [-0.15, -0.1) is 10.2 Å². The van der Waals surface area contributed by atoms with Crippen LogP contribution in [0.25, 0.3) is 11.4 Å². The molecule has 0 radical (unpaired) electrons. The standard InChI is InChI=1S/C13H17N5/c1-10(14)7-9-16-13-6-5-12(17-18-13)11-4-2-3-8-15-11/h2-6,8,10H,7,9,14H2,1H3,(H,16,18). The van der Waals surface area contributed by atoms with E-state index in [1.54, 1.807) is 6.20 Å². The lowest BCUT2D eigenvalue weighted by Crippen LogP contribution is -2.19. The normalized spacial score (nSPS) is 12.1. The summed E-state index contributed by atoms with van der Waals surface area (Å²) < 4.78 is 0. The number of aromatic nitrogens is 3. The largest absolute Gasteiger partial charge is 0.369 e. The van der Waals surface area contributed by atoms with Gasteiger partial charge >= 0.3 is 0 Å². The van der Waals surface area contributed by atoms with Crippen molar-refractivity contribution < 1.29 is 0 Å². The lowest BCUT2D eigenvalue weighted by molar-refractivity contribution is 0.688. The molecule has 5 nitrogen and oxygen atoms in total. The van der Waals surface area contributed by atoms with E-state index in [9.17, 15) is 0 Å². The monoisotopic (exact) mass is 243 g/mol. The number of hydrogen-bond acceptors (Lipinski definition) is 5. The number of nitrogens with one attached hydrogen (secondary N) is 1. The maximum Gasteiger partial charge on any atom is 0.148 e. The molecule has 2 rings (SSSR count). The number of anilines is 1. The first-order valence-corrected chi connectivity index (χ1v) is 6.00. The fourth-order valence-corrected chi connectivity index (χ4v) is 1.51. The van der Waals surface area contributed by atoms with E-state index in [1.807, 2.05) is 37.3 Å². The molecule has 0 spiro atoms. The van der Waals surface area contributed by atoms with Gasteiger partial charge in [0.25, 0.3) is 0 Å². The Kier molecular flexibility index (Phi) is 4.20. The fraction of sp³-hybridized carbons (Fsp3) is 0.308. The van der Waals surface area contributed by atoms with E-state index in [1.165, 1.54) is 0 Å². The van der Waals surface area contributed by atoms with Crippen LogP contribution in [0, 0.1) is 0 Å². The van der Waals surface area contributed by atoms with E-state index >= 15 is 0 Å². The van der Waals surface area contributed by atoms with Gasteiger partial charge < -0.3 is 11.1 Å². The minimum Gasteiger partial charge on any atom is -0.369 e. The lowest BCUT2D eigenvalue weighted by Gasteiger charge is -2.07. The van der Waals surface area contributed by atoms with Crippen LogP contribution in [-0.2, 0) is 0 Å². The van der Waals surface area contributed by atoms with Crippen LogP contribution >= 0.6 is 0 Å². The molecule has 94 valence electrons. The van der Waals surface area contributed by atoms with Crippen LogP contribution in [0.2, 0.25) is 0 Å². The Morgan fingerprint density at radius 2 is 2.06 bits per heavy atom. The van der Waals surface area contributed by atoms with E-state index in [-0.39, 0.29) is 6.04 Å². The molecule has 0 amide bonds. The fourth-order valence-electron chi connectivity index (χ4n) is 1.51. The summed E-state index contributed by atoms with van der Waals surface area (Å²) in [7, 11) is 0. The summed E-state index contributed by atoms with van der Waals surface area (Å²) in [6, 6.07) is 9.72. The molecule has 0 saturated carbocycles. The maximum absolute atomic E-state index is 5.67. The van der Waals surface area contributed by atoms with E-state index in [0.717, 1.165) is 30.2 Å².